The molecule has 0 aliphatic heterocycles. The van der Waals surface area contributed by atoms with Gasteiger partial charge in [-0.15, -0.1) is 0 Å². The van der Waals surface area contributed by atoms with Crippen LogP contribution in [-0.2, 0) is 9.53 Å². The lowest BCUT2D eigenvalue weighted by molar-refractivity contribution is -0.116. The molecule has 0 atom stereocenters. The summed E-state index contributed by atoms with van der Waals surface area (Å²) in [5.74, 6) is -0.242. The number of anilines is 1. The number of amides is 1. The van der Waals surface area contributed by atoms with Crippen LogP contribution in [-0.4, -0.2) is 36.0 Å². The second kappa shape index (κ2) is 6.11. The Kier molecular flexibility index (Phi) is 3.99. The average Bonchev–Trinajstić information content (AvgIpc) is 3.03. The van der Waals surface area contributed by atoms with Crippen LogP contribution in [0.3, 0.4) is 0 Å². The smallest absolute Gasteiger partial charge is 0.356 e. The van der Waals surface area contributed by atoms with Crippen molar-refractivity contribution in [3.05, 3.63) is 42.2 Å². The Bertz CT molecular complexity index is 932. The van der Waals surface area contributed by atoms with Crippen molar-refractivity contribution in [3.8, 4) is 11.5 Å². The van der Waals surface area contributed by atoms with Gasteiger partial charge in [-0.05, 0) is 30.3 Å². The quantitative estimate of drug-likeness (QED) is 0.688. The molecule has 0 unspecified atom stereocenters. The van der Waals surface area contributed by atoms with E-state index >= 15 is 0 Å². The second-order valence-electron chi connectivity index (χ2n) is 5.17. The van der Waals surface area contributed by atoms with Crippen LogP contribution in [0.4, 0.5) is 5.69 Å². The van der Waals surface area contributed by atoms with E-state index < -0.39 is 5.97 Å². The summed E-state index contributed by atoms with van der Waals surface area (Å²) >= 11 is 0. The number of hydrogen-bond donors (Lipinski definition) is 0. The summed E-state index contributed by atoms with van der Waals surface area (Å²) in [7, 11) is 2.99. The molecule has 24 heavy (non-hydrogen) atoms. The molecule has 0 aliphatic rings. The maximum atomic E-state index is 11.6. The number of pyridine rings is 1. The number of carbonyl (C=O) groups is 2. The van der Waals surface area contributed by atoms with Crippen molar-refractivity contribution < 1.29 is 18.7 Å². The Labute approximate surface area is 137 Å². The number of nitrogens with zero attached hydrogens (tertiary/aromatic N) is 3. The lowest BCUT2D eigenvalue weighted by Gasteiger charge is -2.14. The third-order valence-electron chi connectivity index (χ3n) is 3.63. The van der Waals surface area contributed by atoms with Crippen LogP contribution in [0.2, 0.25) is 0 Å². The second-order valence-corrected chi connectivity index (χ2v) is 5.17. The van der Waals surface area contributed by atoms with Gasteiger partial charge in [0.05, 0.1) is 7.11 Å². The normalized spacial score (nSPS) is 10.6. The van der Waals surface area contributed by atoms with Crippen molar-refractivity contribution in [3.63, 3.8) is 0 Å². The minimum Gasteiger partial charge on any atom is -0.464 e. The van der Waals surface area contributed by atoms with Crippen molar-refractivity contribution in [2.45, 2.75) is 6.92 Å². The van der Waals surface area contributed by atoms with Gasteiger partial charge in [0.1, 0.15) is 11.2 Å². The van der Waals surface area contributed by atoms with E-state index in [4.69, 9.17) is 4.42 Å². The number of fused-ring (bicyclic) bond motifs is 1. The summed E-state index contributed by atoms with van der Waals surface area (Å²) in [4.78, 5) is 33.0. The molecule has 0 N–H and O–H groups in total. The lowest BCUT2D eigenvalue weighted by Crippen LogP contribution is -2.22. The molecule has 7 heteroatoms. The molecule has 122 valence electrons. The molecule has 3 aromatic rings. The zero-order valence-corrected chi connectivity index (χ0v) is 13.4. The van der Waals surface area contributed by atoms with E-state index in [1.807, 2.05) is 0 Å². The van der Waals surface area contributed by atoms with Crippen LogP contribution in [0.1, 0.15) is 17.4 Å². The predicted molar refractivity (Wildman–Crippen MR) is 87.7 cm³/mol. The van der Waals surface area contributed by atoms with E-state index in [0.29, 0.717) is 22.6 Å². The summed E-state index contributed by atoms with van der Waals surface area (Å²) in [5, 5.41) is 0. The number of rotatable bonds is 3. The SMILES string of the molecule is COC(=O)c1cc(-c2nc3cc(N(C)C(C)=O)ccc3o2)ccn1. The fourth-order valence-corrected chi connectivity index (χ4v) is 2.21. The molecule has 2 heterocycles. The third kappa shape index (κ3) is 2.83. The topological polar surface area (TPSA) is 85.5 Å². The molecule has 1 amide bonds. The van der Waals surface area contributed by atoms with E-state index in [9.17, 15) is 9.59 Å². The van der Waals surface area contributed by atoms with Crippen LogP contribution in [0.5, 0.6) is 0 Å². The molecule has 0 aliphatic carbocycles. The predicted octanol–water partition coefficient (Wildman–Crippen LogP) is 2.66. The fourth-order valence-electron chi connectivity index (χ4n) is 2.21. The van der Waals surface area contributed by atoms with Gasteiger partial charge in [0, 0.05) is 31.4 Å². The molecular weight excluding hydrogens is 310 g/mol. The standard InChI is InChI=1S/C17H15N3O4/c1-10(21)20(2)12-4-5-15-13(9-12)19-16(24-15)11-6-7-18-14(8-11)17(22)23-3/h4-9H,1-3H3. The van der Waals surface area contributed by atoms with Crippen LogP contribution >= 0.6 is 0 Å². The molecule has 1 aromatic carbocycles. The maximum Gasteiger partial charge on any atom is 0.356 e. The summed E-state index contributed by atoms with van der Waals surface area (Å²) < 4.78 is 10.4. The van der Waals surface area contributed by atoms with Crippen molar-refractivity contribution in [1.82, 2.24) is 9.97 Å². The largest absolute Gasteiger partial charge is 0.464 e. The highest BCUT2D eigenvalue weighted by Gasteiger charge is 2.14. The zero-order valence-electron chi connectivity index (χ0n) is 13.4. The van der Waals surface area contributed by atoms with Crippen LogP contribution in [0.25, 0.3) is 22.6 Å². The molecule has 0 spiro atoms. The van der Waals surface area contributed by atoms with E-state index in [1.165, 1.54) is 25.1 Å². The minimum atomic E-state index is -0.529. The monoisotopic (exact) mass is 325 g/mol. The third-order valence-corrected chi connectivity index (χ3v) is 3.63. The number of methoxy groups -OCH3 is 1. The van der Waals surface area contributed by atoms with E-state index in [1.54, 1.807) is 37.4 Å². The Hall–Kier alpha value is -3.22. The Morgan fingerprint density at radius 2 is 2.00 bits per heavy atom. The minimum absolute atomic E-state index is 0.0741. The number of esters is 1. The van der Waals surface area contributed by atoms with Crippen LogP contribution < -0.4 is 4.90 Å². The van der Waals surface area contributed by atoms with Crippen LogP contribution in [0, 0.1) is 0 Å². The van der Waals surface area contributed by atoms with Crippen molar-refractivity contribution in [1.29, 1.82) is 0 Å². The molecule has 2 aromatic heterocycles. The lowest BCUT2D eigenvalue weighted by atomic mass is 10.2. The first-order valence-corrected chi connectivity index (χ1v) is 7.19. The number of oxazole rings is 1. The molecule has 0 fully saturated rings. The van der Waals surface area contributed by atoms with Gasteiger partial charge in [0.25, 0.3) is 0 Å². The number of carbonyl (C=O) groups excluding carboxylic acids is 2. The first kappa shape index (κ1) is 15.7. The van der Waals surface area contributed by atoms with Crippen molar-refractivity contribution >= 4 is 28.7 Å². The summed E-state index contributed by atoms with van der Waals surface area (Å²) in [5.41, 5.74) is 2.71. The van der Waals surface area contributed by atoms with Gasteiger partial charge in [-0.1, -0.05) is 0 Å². The Balaban J connectivity index is 2.02. The molecule has 0 radical (unpaired) electrons. The Morgan fingerprint density at radius 3 is 2.71 bits per heavy atom. The molecular formula is C17H15N3O4. The highest BCUT2D eigenvalue weighted by molar-refractivity contribution is 5.93. The maximum absolute atomic E-state index is 11.6. The van der Waals surface area contributed by atoms with Gasteiger partial charge >= 0.3 is 5.97 Å². The molecule has 0 saturated carbocycles. The molecule has 3 rings (SSSR count). The van der Waals surface area contributed by atoms with Gasteiger partial charge in [0.15, 0.2) is 5.58 Å². The number of benzene rings is 1. The highest BCUT2D eigenvalue weighted by atomic mass is 16.5. The molecule has 0 bridgehead atoms. The summed E-state index contributed by atoms with van der Waals surface area (Å²) in [6.45, 7) is 1.49. The van der Waals surface area contributed by atoms with Gasteiger partial charge in [-0.2, -0.15) is 0 Å². The van der Waals surface area contributed by atoms with E-state index in [2.05, 4.69) is 14.7 Å². The Morgan fingerprint density at radius 1 is 1.21 bits per heavy atom. The number of hydrogen-bond acceptors (Lipinski definition) is 6. The number of aromatic nitrogens is 2. The average molecular weight is 325 g/mol. The van der Waals surface area contributed by atoms with Crippen molar-refractivity contribution in [2.24, 2.45) is 0 Å². The van der Waals surface area contributed by atoms with Gasteiger partial charge in [0.2, 0.25) is 11.8 Å². The van der Waals surface area contributed by atoms with Crippen LogP contribution in [0.15, 0.2) is 40.9 Å². The van der Waals surface area contributed by atoms with E-state index in [0.717, 1.165) is 5.69 Å². The first-order valence-electron chi connectivity index (χ1n) is 7.19. The fraction of sp³-hybridized carbons (Fsp3) is 0.176. The first-order chi connectivity index (χ1) is 11.5. The van der Waals surface area contributed by atoms with Gasteiger partial charge in [-0.3, -0.25) is 4.79 Å². The van der Waals surface area contributed by atoms with E-state index in [-0.39, 0.29) is 11.6 Å². The summed E-state index contributed by atoms with van der Waals surface area (Å²) in [6, 6.07) is 8.55. The van der Waals surface area contributed by atoms with Crippen molar-refractivity contribution in [2.75, 3.05) is 19.1 Å². The van der Waals surface area contributed by atoms with Gasteiger partial charge < -0.3 is 14.1 Å². The zero-order chi connectivity index (χ0) is 17.3. The van der Waals surface area contributed by atoms with Gasteiger partial charge in [-0.25, -0.2) is 14.8 Å². The molecule has 0 saturated heterocycles. The number of ether oxygens (including phenoxy) is 1. The summed E-state index contributed by atoms with van der Waals surface area (Å²) in [6.07, 6.45) is 1.49. The highest BCUT2D eigenvalue weighted by Crippen LogP contribution is 2.27. The molecule has 7 nitrogen and oxygen atoms in total.